The lowest BCUT2D eigenvalue weighted by atomic mass is 9.77. The number of rotatable bonds is 2. The van der Waals surface area contributed by atoms with Crippen molar-refractivity contribution in [2.24, 2.45) is 0 Å². The van der Waals surface area contributed by atoms with Crippen LogP contribution < -0.4 is 4.74 Å². The fourth-order valence-corrected chi connectivity index (χ4v) is 1.89. The number of hydrogen-bond acceptors (Lipinski definition) is 2. The Bertz CT molecular complexity index is 396. The minimum atomic E-state index is -0.734. The van der Waals surface area contributed by atoms with Gasteiger partial charge >= 0.3 is 5.97 Å². The molecule has 0 bridgehead atoms. The average Bonchev–Trinajstić information content (AvgIpc) is 2.10. The molecule has 1 aromatic carbocycles. The first-order valence-electron chi connectivity index (χ1n) is 4.53. The lowest BCUT2D eigenvalue weighted by Crippen LogP contribution is -2.25. The lowest BCUT2D eigenvalue weighted by molar-refractivity contribution is -0.139. The van der Waals surface area contributed by atoms with Crippen LogP contribution in [-0.4, -0.2) is 18.2 Å². The minimum absolute atomic E-state index is 0.311. The third kappa shape index (κ3) is 1.16. The van der Waals surface area contributed by atoms with Crippen LogP contribution in [0.15, 0.2) is 12.1 Å². The summed E-state index contributed by atoms with van der Waals surface area (Å²) in [5, 5.41) is 8.87. The van der Waals surface area contributed by atoms with Crippen molar-refractivity contribution in [1.82, 2.24) is 0 Å². The van der Waals surface area contributed by atoms with Gasteiger partial charge in [0, 0.05) is 0 Å². The summed E-state index contributed by atoms with van der Waals surface area (Å²) in [5.74, 6) is -0.204. The van der Waals surface area contributed by atoms with E-state index in [1.54, 1.807) is 7.11 Å². The van der Waals surface area contributed by atoms with Gasteiger partial charge in [0.2, 0.25) is 0 Å². The predicted molar refractivity (Wildman–Crippen MR) is 51.8 cm³/mol. The highest BCUT2D eigenvalue weighted by Crippen LogP contribution is 2.39. The van der Waals surface area contributed by atoms with Gasteiger partial charge in [0.25, 0.3) is 0 Å². The maximum absolute atomic E-state index is 10.8. The van der Waals surface area contributed by atoms with E-state index in [0.717, 1.165) is 22.4 Å². The molecule has 0 aliphatic heterocycles. The monoisotopic (exact) mass is 192 g/mol. The molecular weight excluding hydrogens is 180 g/mol. The molecule has 1 N–H and O–H groups in total. The highest BCUT2D eigenvalue weighted by atomic mass is 16.5. The van der Waals surface area contributed by atoms with E-state index >= 15 is 0 Å². The van der Waals surface area contributed by atoms with Gasteiger partial charge in [-0.15, -0.1) is 0 Å². The molecule has 0 aromatic heterocycles. The molecule has 74 valence electrons. The lowest BCUT2D eigenvalue weighted by Gasteiger charge is -2.27. The third-order valence-electron chi connectivity index (χ3n) is 2.75. The SMILES string of the molecule is COc1cc2c(cc1C)[C@@H](C(=O)O)C2. The Labute approximate surface area is 82.3 Å². The summed E-state index contributed by atoms with van der Waals surface area (Å²) in [5.41, 5.74) is 3.04. The molecular formula is C11H12O3. The molecule has 0 saturated heterocycles. The van der Waals surface area contributed by atoms with Crippen molar-refractivity contribution in [3.63, 3.8) is 0 Å². The van der Waals surface area contributed by atoms with Gasteiger partial charge in [0.05, 0.1) is 13.0 Å². The summed E-state index contributed by atoms with van der Waals surface area (Å²) < 4.78 is 5.16. The number of fused-ring (bicyclic) bond motifs is 1. The molecule has 1 aliphatic carbocycles. The topological polar surface area (TPSA) is 46.5 Å². The summed E-state index contributed by atoms with van der Waals surface area (Å²) in [6.07, 6.45) is 0.626. The number of carbonyl (C=O) groups is 1. The van der Waals surface area contributed by atoms with Crippen molar-refractivity contribution in [2.45, 2.75) is 19.3 Å². The molecule has 0 radical (unpaired) electrons. The highest BCUT2D eigenvalue weighted by molar-refractivity contribution is 5.80. The number of methoxy groups -OCH3 is 1. The molecule has 1 aromatic rings. The third-order valence-corrected chi connectivity index (χ3v) is 2.75. The number of carboxylic acids is 1. The number of aryl methyl sites for hydroxylation is 1. The average molecular weight is 192 g/mol. The van der Waals surface area contributed by atoms with Crippen LogP contribution in [-0.2, 0) is 11.2 Å². The molecule has 1 aliphatic rings. The second-order valence-electron chi connectivity index (χ2n) is 3.62. The van der Waals surface area contributed by atoms with E-state index in [0.29, 0.717) is 6.42 Å². The molecule has 0 unspecified atom stereocenters. The van der Waals surface area contributed by atoms with E-state index in [9.17, 15) is 4.79 Å². The van der Waals surface area contributed by atoms with E-state index in [-0.39, 0.29) is 5.92 Å². The molecule has 3 nitrogen and oxygen atoms in total. The standard InChI is InChI=1S/C11H12O3/c1-6-3-8-7(5-10(6)14-2)4-9(8)11(12)13/h3,5,9H,4H2,1-2H3,(H,12,13)/t9-/m0/s1. The highest BCUT2D eigenvalue weighted by Gasteiger charge is 2.32. The van der Waals surface area contributed by atoms with Crippen LogP contribution in [0.25, 0.3) is 0 Å². The van der Waals surface area contributed by atoms with Gasteiger partial charge in [0.15, 0.2) is 0 Å². The summed E-state index contributed by atoms with van der Waals surface area (Å²) >= 11 is 0. The fraction of sp³-hybridized carbons (Fsp3) is 0.364. The van der Waals surface area contributed by atoms with Crippen molar-refractivity contribution >= 4 is 5.97 Å². The largest absolute Gasteiger partial charge is 0.496 e. The first-order valence-corrected chi connectivity index (χ1v) is 4.53. The molecule has 3 heteroatoms. The number of carboxylic acid groups (broad SMARTS) is 1. The Kier molecular flexibility index (Phi) is 1.95. The van der Waals surface area contributed by atoms with E-state index < -0.39 is 5.97 Å². The summed E-state index contributed by atoms with van der Waals surface area (Å²) in [7, 11) is 1.63. The first kappa shape index (κ1) is 9.06. The van der Waals surface area contributed by atoms with Gasteiger partial charge in [-0.2, -0.15) is 0 Å². The van der Waals surface area contributed by atoms with Crippen molar-refractivity contribution in [3.8, 4) is 5.75 Å². The van der Waals surface area contributed by atoms with Gasteiger partial charge in [-0.05, 0) is 36.1 Å². The Morgan fingerprint density at radius 1 is 1.57 bits per heavy atom. The molecule has 14 heavy (non-hydrogen) atoms. The number of hydrogen-bond donors (Lipinski definition) is 1. The van der Waals surface area contributed by atoms with Crippen molar-refractivity contribution in [3.05, 3.63) is 28.8 Å². The van der Waals surface area contributed by atoms with E-state index in [1.807, 2.05) is 19.1 Å². The number of benzene rings is 1. The van der Waals surface area contributed by atoms with Crippen LogP contribution in [0.1, 0.15) is 22.6 Å². The van der Waals surface area contributed by atoms with Crippen LogP contribution in [0.3, 0.4) is 0 Å². The van der Waals surface area contributed by atoms with Gasteiger partial charge in [-0.25, -0.2) is 0 Å². The zero-order valence-corrected chi connectivity index (χ0v) is 8.20. The van der Waals surface area contributed by atoms with E-state index in [1.165, 1.54) is 0 Å². The first-order chi connectivity index (χ1) is 6.63. The van der Waals surface area contributed by atoms with Crippen LogP contribution in [0.5, 0.6) is 5.75 Å². The molecule has 0 heterocycles. The van der Waals surface area contributed by atoms with Crippen molar-refractivity contribution in [1.29, 1.82) is 0 Å². The smallest absolute Gasteiger partial charge is 0.311 e. The molecule has 1 atom stereocenters. The second-order valence-corrected chi connectivity index (χ2v) is 3.62. The van der Waals surface area contributed by atoms with Gasteiger partial charge in [-0.1, -0.05) is 6.07 Å². The van der Waals surface area contributed by atoms with Gasteiger partial charge in [0.1, 0.15) is 5.75 Å². The summed E-state index contributed by atoms with van der Waals surface area (Å²) in [6, 6.07) is 3.85. The Balaban J connectivity index is 2.40. The maximum atomic E-state index is 10.8. The molecule has 0 fully saturated rings. The second kappa shape index (κ2) is 3.01. The van der Waals surface area contributed by atoms with E-state index in [2.05, 4.69) is 0 Å². The summed E-state index contributed by atoms with van der Waals surface area (Å²) in [4.78, 5) is 10.8. The van der Waals surface area contributed by atoms with Crippen LogP contribution in [0, 0.1) is 6.92 Å². The van der Waals surface area contributed by atoms with E-state index in [4.69, 9.17) is 9.84 Å². The number of aliphatic carboxylic acids is 1. The minimum Gasteiger partial charge on any atom is -0.496 e. The quantitative estimate of drug-likeness (QED) is 0.776. The summed E-state index contributed by atoms with van der Waals surface area (Å²) in [6.45, 7) is 1.93. The molecule has 0 amide bonds. The normalized spacial score (nSPS) is 18.3. The zero-order chi connectivity index (χ0) is 10.3. The predicted octanol–water partition coefficient (Wildman–Crippen LogP) is 1.73. The molecule has 0 saturated carbocycles. The molecule has 2 rings (SSSR count). The van der Waals surface area contributed by atoms with Gasteiger partial charge in [-0.3, -0.25) is 4.79 Å². The van der Waals surface area contributed by atoms with Crippen molar-refractivity contribution < 1.29 is 14.6 Å². The van der Waals surface area contributed by atoms with Crippen LogP contribution in [0.2, 0.25) is 0 Å². The number of ether oxygens (including phenoxy) is 1. The van der Waals surface area contributed by atoms with Crippen LogP contribution >= 0.6 is 0 Å². The Hall–Kier alpha value is -1.51. The molecule has 0 spiro atoms. The van der Waals surface area contributed by atoms with Crippen molar-refractivity contribution in [2.75, 3.05) is 7.11 Å². The van der Waals surface area contributed by atoms with Gasteiger partial charge < -0.3 is 9.84 Å². The Morgan fingerprint density at radius 3 is 2.86 bits per heavy atom. The Morgan fingerprint density at radius 2 is 2.29 bits per heavy atom. The fourth-order valence-electron chi connectivity index (χ4n) is 1.89. The van der Waals surface area contributed by atoms with Crippen LogP contribution in [0.4, 0.5) is 0 Å². The maximum Gasteiger partial charge on any atom is 0.311 e. The zero-order valence-electron chi connectivity index (χ0n) is 8.20.